The first kappa shape index (κ1) is 18.1. The molecule has 1 aliphatic heterocycles. The molecule has 7 heteroatoms. The molecule has 2 aromatic heterocycles. The molecule has 138 valence electrons. The van der Waals surface area contributed by atoms with Crippen LogP contribution in [0, 0.1) is 20.8 Å². The lowest BCUT2D eigenvalue weighted by Crippen LogP contribution is -2.36. The highest BCUT2D eigenvalue weighted by atomic mass is 16.5. The first-order valence-electron chi connectivity index (χ1n) is 9.32. The highest BCUT2D eigenvalue weighted by Gasteiger charge is 2.24. The van der Waals surface area contributed by atoms with E-state index in [1.54, 1.807) is 0 Å². The molecular weight excluding hydrogens is 316 g/mol. The number of aromatic amines is 1. The Labute approximate surface area is 149 Å². The minimum atomic E-state index is 0.584. The van der Waals surface area contributed by atoms with Crippen LogP contribution in [0.3, 0.4) is 0 Å². The Morgan fingerprint density at radius 3 is 2.72 bits per heavy atom. The number of nitrogens with zero attached hydrogens (tertiary/aromatic N) is 5. The summed E-state index contributed by atoms with van der Waals surface area (Å²) in [5.41, 5.74) is 3.68. The Kier molecular flexibility index (Phi) is 5.86. The maximum atomic E-state index is 5.12. The van der Waals surface area contributed by atoms with Gasteiger partial charge in [0.2, 0.25) is 5.89 Å². The Morgan fingerprint density at radius 1 is 1.24 bits per heavy atom. The fourth-order valence-corrected chi connectivity index (χ4v) is 3.78. The van der Waals surface area contributed by atoms with Crippen LogP contribution in [0.15, 0.2) is 4.52 Å². The maximum absolute atomic E-state index is 5.12. The minimum Gasteiger partial charge on any atom is -0.340 e. The summed E-state index contributed by atoms with van der Waals surface area (Å²) in [5.74, 6) is 1.44. The molecule has 0 aliphatic carbocycles. The minimum absolute atomic E-state index is 0.584. The zero-order valence-corrected chi connectivity index (χ0v) is 15.9. The van der Waals surface area contributed by atoms with Gasteiger partial charge in [0.1, 0.15) is 0 Å². The van der Waals surface area contributed by atoms with Gasteiger partial charge in [0, 0.05) is 30.8 Å². The zero-order chi connectivity index (χ0) is 17.8. The molecule has 2 aromatic rings. The van der Waals surface area contributed by atoms with Gasteiger partial charge in [-0.2, -0.15) is 10.1 Å². The fourth-order valence-electron chi connectivity index (χ4n) is 3.78. The van der Waals surface area contributed by atoms with E-state index in [-0.39, 0.29) is 0 Å². The summed E-state index contributed by atoms with van der Waals surface area (Å²) in [4.78, 5) is 9.42. The van der Waals surface area contributed by atoms with E-state index in [4.69, 9.17) is 4.52 Å². The monoisotopic (exact) mass is 346 g/mol. The van der Waals surface area contributed by atoms with Crippen molar-refractivity contribution in [1.29, 1.82) is 0 Å². The number of hydrogen-bond donors (Lipinski definition) is 1. The van der Waals surface area contributed by atoms with Gasteiger partial charge in [0.25, 0.3) is 0 Å². The lowest BCUT2D eigenvalue weighted by atomic mass is 10.1. The Bertz CT molecular complexity index is 659. The molecule has 1 atom stereocenters. The highest BCUT2D eigenvalue weighted by Crippen LogP contribution is 2.21. The van der Waals surface area contributed by atoms with E-state index < -0.39 is 0 Å². The van der Waals surface area contributed by atoms with Crippen molar-refractivity contribution in [1.82, 2.24) is 30.1 Å². The molecule has 1 fully saturated rings. The molecule has 0 radical (unpaired) electrons. The Hall–Kier alpha value is -1.73. The predicted molar refractivity (Wildman–Crippen MR) is 96.1 cm³/mol. The van der Waals surface area contributed by atoms with Gasteiger partial charge < -0.3 is 4.52 Å². The molecule has 0 amide bonds. The van der Waals surface area contributed by atoms with Crippen LogP contribution < -0.4 is 0 Å². The molecule has 0 aromatic carbocycles. The van der Waals surface area contributed by atoms with E-state index >= 15 is 0 Å². The SMILES string of the molecule is CCN(Cc1noc(C)n1)[C@H]1CCCN(Cc2c(C)n[nH]c2C)CC1. The average molecular weight is 346 g/mol. The van der Waals surface area contributed by atoms with Gasteiger partial charge in [-0.15, -0.1) is 0 Å². The van der Waals surface area contributed by atoms with Crippen molar-refractivity contribution < 1.29 is 4.52 Å². The number of aromatic nitrogens is 4. The summed E-state index contributed by atoms with van der Waals surface area (Å²) in [7, 11) is 0. The second-order valence-corrected chi connectivity index (χ2v) is 7.07. The van der Waals surface area contributed by atoms with E-state index in [2.05, 4.69) is 50.9 Å². The fraction of sp³-hybridized carbons (Fsp3) is 0.722. The quantitative estimate of drug-likeness (QED) is 0.867. The van der Waals surface area contributed by atoms with Crippen LogP contribution in [0.4, 0.5) is 0 Å². The third kappa shape index (κ3) is 4.46. The molecule has 7 nitrogen and oxygen atoms in total. The number of aryl methyl sites for hydroxylation is 3. The van der Waals surface area contributed by atoms with Crippen LogP contribution in [0.2, 0.25) is 0 Å². The van der Waals surface area contributed by atoms with Crippen molar-refractivity contribution in [2.24, 2.45) is 0 Å². The third-order valence-corrected chi connectivity index (χ3v) is 5.29. The summed E-state index contributed by atoms with van der Waals surface area (Å²) in [6, 6.07) is 0.584. The molecule has 0 spiro atoms. The summed E-state index contributed by atoms with van der Waals surface area (Å²) in [6.07, 6.45) is 3.63. The van der Waals surface area contributed by atoms with Crippen molar-refractivity contribution in [3.63, 3.8) is 0 Å². The van der Waals surface area contributed by atoms with Crippen LogP contribution in [0.1, 0.15) is 54.9 Å². The second-order valence-electron chi connectivity index (χ2n) is 7.07. The molecule has 1 aliphatic rings. The van der Waals surface area contributed by atoms with Crippen LogP contribution in [0.25, 0.3) is 0 Å². The lowest BCUT2D eigenvalue weighted by Gasteiger charge is -2.29. The van der Waals surface area contributed by atoms with Gasteiger partial charge >= 0.3 is 0 Å². The van der Waals surface area contributed by atoms with E-state index in [1.807, 2.05) is 6.92 Å². The second kappa shape index (κ2) is 8.10. The van der Waals surface area contributed by atoms with Gasteiger partial charge in [-0.3, -0.25) is 14.9 Å². The lowest BCUT2D eigenvalue weighted by molar-refractivity contribution is 0.170. The van der Waals surface area contributed by atoms with Gasteiger partial charge in [0.15, 0.2) is 5.82 Å². The highest BCUT2D eigenvalue weighted by molar-refractivity contribution is 5.22. The molecule has 25 heavy (non-hydrogen) atoms. The van der Waals surface area contributed by atoms with E-state index in [0.29, 0.717) is 11.9 Å². The third-order valence-electron chi connectivity index (χ3n) is 5.29. The summed E-state index contributed by atoms with van der Waals surface area (Å²) in [5, 5.41) is 11.5. The smallest absolute Gasteiger partial charge is 0.223 e. The van der Waals surface area contributed by atoms with Crippen molar-refractivity contribution in [3.05, 3.63) is 28.7 Å². The van der Waals surface area contributed by atoms with Crippen LogP contribution in [-0.4, -0.2) is 55.8 Å². The van der Waals surface area contributed by atoms with Crippen LogP contribution >= 0.6 is 0 Å². The normalized spacial score (nSPS) is 19.5. The largest absolute Gasteiger partial charge is 0.340 e. The standard InChI is InChI=1S/C18H30N6O/c1-5-24(12-18-19-15(4)25-22-18)16-7-6-9-23(10-8-16)11-17-13(2)20-21-14(17)3/h16H,5-12H2,1-4H3,(H,20,21)/t16-/m0/s1. The topological polar surface area (TPSA) is 74.1 Å². The van der Waals surface area contributed by atoms with Crippen molar-refractivity contribution in [3.8, 4) is 0 Å². The Balaban J connectivity index is 1.58. The van der Waals surface area contributed by atoms with Crippen molar-refractivity contribution >= 4 is 0 Å². The maximum Gasteiger partial charge on any atom is 0.223 e. The number of hydrogen-bond acceptors (Lipinski definition) is 6. The molecule has 1 N–H and O–H groups in total. The summed E-state index contributed by atoms with van der Waals surface area (Å²) >= 11 is 0. The zero-order valence-electron chi connectivity index (χ0n) is 15.9. The predicted octanol–water partition coefficient (Wildman–Crippen LogP) is 2.59. The van der Waals surface area contributed by atoms with E-state index in [1.165, 1.54) is 30.5 Å². The van der Waals surface area contributed by atoms with Gasteiger partial charge in [0.05, 0.1) is 12.2 Å². The van der Waals surface area contributed by atoms with Gasteiger partial charge in [-0.1, -0.05) is 12.1 Å². The average Bonchev–Trinajstić information content (AvgIpc) is 3.04. The molecule has 0 bridgehead atoms. The number of H-pyrrole nitrogens is 1. The molecule has 3 rings (SSSR count). The number of rotatable bonds is 6. The summed E-state index contributed by atoms with van der Waals surface area (Å²) < 4.78 is 5.12. The van der Waals surface area contributed by atoms with Crippen LogP contribution in [-0.2, 0) is 13.1 Å². The molecular formula is C18H30N6O. The molecule has 1 saturated heterocycles. The number of likely N-dealkylation sites (tertiary alicyclic amines) is 1. The number of nitrogens with one attached hydrogen (secondary N) is 1. The first-order valence-corrected chi connectivity index (χ1v) is 9.32. The van der Waals surface area contributed by atoms with E-state index in [0.717, 1.165) is 44.2 Å². The first-order chi connectivity index (χ1) is 12.1. The van der Waals surface area contributed by atoms with Gasteiger partial charge in [-0.25, -0.2) is 0 Å². The molecule has 0 unspecified atom stereocenters. The van der Waals surface area contributed by atoms with E-state index in [9.17, 15) is 0 Å². The molecule has 3 heterocycles. The molecule has 0 saturated carbocycles. The van der Waals surface area contributed by atoms with Gasteiger partial charge in [-0.05, 0) is 52.7 Å². The Morgan fingerprint density at radius 2 is 2.08 bits per heavy atom. The van der Waals surface area contributed by atoms with Crippen molar-refractivity contribution in [2.45, 2.75) is 66.1 Å². The van der Waals surface area contributed by atoms with Crippen molar-refractivity contribution in [2.75, 3.05) is 19.6 Å². The van der Waals surface area contributed by atoms with Crippen LogP contribution in [0.5, 0.6) is 0 Å². The summed E-state index contributed by atoms with van der Waals surface area (Å²) in [6.45, 7) is 13.3.